The summed E-state index contributed by atoms with van der Waals surface area (Å²) < 4.78 is 0. The van der Waals surface area contributed by atoms with Gasteiger partial charge >= 0.3 is 5.97 Å². The van der Waals surface area contributed by atoms with Gasteiger partial charge in [-0.2, -0.15) is 0 Å². The predicted octanol–water partition coefficient (Wildman–Crippen LogP) is 2.80. The van der Waals surface area contributed by atoms with Gasteiger partial charge in [0.15, 0.2) is 0 Å². The van der Waals surface area contributed by atoms with Crippen LogP contribution in [-0.4, -0.2) is 17.0 Å². The summed E-state index contributed by atoms with van der Waals surface area (Å²) in [5.41, 5.74) is 11.2. The molecule has 5 heteroatoms. The molecule has 5 nitrogen and oxygen atoms in total. The Bertz CT molecular complexity index is 419. The molecule has 112 valence electrons. The number of hydrogen-bond acceptors (Lipinski definition) is 3. The van der Waals surface area contributed by atoms with Crippen LogP contribution in [0.5, 0.6) is 0 Å². The average molecular weight is 280 g/mol. The van der Waals surface area contributed by atoms with Crippen LogP contribution in [0, 0.1) is 0 Å². The second-order valence-electron chi connectivity index (χ2n) is 4.51. The van der Waals surface area contributed by atoms with Crippen molar-refractivity contribution in [3.8, 4) is 0 Å². The lowest BCUT2D eigenvalue weighted by Crippen LogP contribution is -2.12. The summed E-state index contributed by atoms with van der Waals surface area (Å²) in [7, 11) is 0. The first-order chi connectivity index (χ1) is 9.49. The van der Waals surface area contributed by atoms with Gasteiger partial charge in [-0.05, 0) is 18.6 Å². The number of para-hydroxylation sites is 1. The van der Waals surface area contributed by atoms with Gasteiger partial charge < -0.3 is 16.6 Å². The molecule has 1 aromatic carbocycles. The zero-order chi connectivity index (χ0) is 15.4. The predicted molar refractivity (Wildman–Crippen MR) is 80.4 cm³/mol. The number of unbranched alkanes of at least 4 members (excludes halogenated alkanes) is 4. The minimum atomic E-state index is -0.670. The molecule has 0 aliphatic carbocycles. The van der Waals surface area contributed by atoms with E-state index < -0.39 is 11.9 Å². The third kappa shape index (κ3) is 8.97. The molecular formula is C15H24N2O3. The smallest absolute Gasteiger partial charge is 0.303 e. The highest BCUT2D eigenvalue weighted by molar-refractivity contribution is 5.97. The molecule has 20 heavy (non-hydrogen) atoms. The van der Waals surface area contributed by atoms with Gasteiger partial charge in [0.1, 0.15) is 0 Å². The van der Waals surface area contributed by atoms with Crippen LogP contribution in [0.4, 0.5) is 5.69 Å². The number of nitrogen functional groups attached to an aromatic ring is 1. The SMILES string of the molecule is CCCCCCCC(=O)O.NC(=O)c1ccccc1N. The van der Waals surface area contributed by atoms with Gasteiger partial charge in [0.05, 0.1) is 5.56 Å². The lowest BCUT2D eigenvalue weighted by Gasteiger charge is -1.97. The van der Waals surface area contributed by atoms with E-state index in [0.717, 1.165) is 12.8 Å². The Labute approximate surface area is 120 Å². The Balaban J connectivity index is 0.000000361. The molecule has 5 N–H and O–H groups in total. The quantitative estimate of drug-likeness (QED) is 0.527. The molecule has 0 fully saturated rings. The van der Waals surface area contributed by atoms with E-state index in [2.05, 4.69) is 6.92 Å². The van der Waals surface area contributed by atoms with Crippen LogP contribution in [0.25, 0.3) is 0 Å². The highest BCUT2D eigenvalue weighted by Crippen LogP contribution is 2.08. The number of nitrogens with two attached hydrogens (primary N) is 2. The Hall–Kier alpha value is -2.04. The summed E-state index contributed by atoms with van der Waals surface area (Å²) in [6.45, 7) is 2.15. The number of anilines is 1. The van der Waals surface area contributed by atoms with Crippen molar-refractivity contribution in [3.05, 3.63) is 29.8 Å². The molecule has 0 saturated heterocycles. The topological polar surface area (TPSA) is 106 Å². The molecule has 0 saturated carbocycles. The molecule has 1 aromatic rings. The lowest BCUT2D eigenvalue weighted by atomic mass is 10.1. The maximum Gasteiger partial charge on any atom is 0.303 e. The fourth-order valence-electron chi connectivity index (χ4n) is 1.60. The number of primary amides is 1. The number of amides is 1. The van der Waals surface area contributed by atoms with E-state index in [1.165, 1.54) is 19.3 Å². The molecule has 0 unspecified atom stereocenters. The highest BCUT2D eigenvalue weighted by atomic mass is 16.4. The molecule has 0 aliphatic heterocycles. The van der Waals surface area contributed by atoms with Gasteiger partial charge in [0.25, 0.3) is 5.91 Å². The van der Waals surface area contributed by atoms with Crippen molar-refractivity contribution in [2.45, 2.75) is 45.4 Å². The fraction of sp³-hybridized carbons (Fsp3) is 0.467. The molecular weight excluding hydrogens is 256 g/mol. The molecule has 0 radical (unpaired) electrons. The van der Waals surface area contributed by atoms with Gasteiger partial charge in [-0.3, -0.25) is 9.59 Å². The van der Waals surface area contributed by atoms with Crippen LogP contribution in [0.3, 0.4) is 0 Å². The second-order valence-corrected chi connectivity index (χ2v) is 4.51. The summed E-state index contributed by atoms with van der Waals surface area (Å²) in [4.78, 5) is 20.6. The summed E-state index contributed by atoms with van der Waals surface area (Å²) in [6.07, 6.45) is 5.88. The lowest BCUT2D eigenvalue weighted by molar-refractivity contribution is -0.137. The zero-order valence-electron chi connectivity index (χ0n) is 12.0. The Morgan fingerprint density at radius 3 is 2.15 bits per heavy atom. The van der Waals surface area contributed by atoms with Crippen molar-refractivity contribution in [1.29, 1.82) is 0 Å². The number of aliphatic carboxylic acids is 1. The van der Waals surface area contributed by atoms with Crippen LogP contribution < -0.4 is 11.5 Å². The molecule has 1 amide bonds. The normalized spacial score (nSPS) is 9.45. The van der Waals surface area contributed by atoms with Gasteiger partial charge in [0, 0.05) is 12.1 Å². The Kier molecular flexibility index (Phi) is 9.74. The van der Waals surface area contributed by atoms with Crippen LogP contribution in [-0.2, 0) is 4.79 Å². The molecule has 0 aromatic heterocycles. The minimum Gasteiger partial charge on any atom is -0.481 e. The maximum atomic E-state index is 10.6. The van der Waals surface area contributed by atoms with Crippen molar-refractivity contribution in [2.75, 3.05) is 5.73 Å². The molecule has 0 atom stereocenters. The highest BCUT2D eigenvalue weighted by Gasteiger charge is 2.01. The summed E-state index contributed by atoms with van der Waals surface area (Å²) in [6, 6.07) is 6.70. The van der Waals surface area contributed by atoms with E-state index in [9.17, 15) is 9.59 Å². The first-order valence-electron chi connectivity index (χ1n) is 6.85. The van der Waals surface area contributed by atoms with E-state index >= 15 is 0 Å². The number of carboxylic acid groups (broad SMARTS) is 1. The van der Waals surface area contributed by atoms with Crippen LogP contribution in [0.2, 0.25) is 0 Å². The van der Waals surface area contributed by atoms with Gasteiger partial charge in [-0.15, -0.1) is 0 Å². The van der Waals surface area contributed by atoms with Crippen LogP contribution in [0.15, 0.2) is 24.3 Å². The zero-order valence-corrected chi connectivity index (χ0v) is 12.0. The number of benzene rings is 1. The Morgan fingerprint density at radius 1 is 1.10 bits per heavy atom. The summed E-state index contributed by atoms with van der Waals surface area (Å²) in [5, 5.41) is 8.27. The largest absolute Gasteiger partial charge is 0.481 e. The number of carbonyl (C=O) groups is 2. The van der Waals surface area contributed by atoms with E-state index in [1.807, 2.05) is 0 Å². The van der Waals surface area contributed by atoms with Crippen LogP contribution >= 0.6 is 0 Å². The van der Waals surface area contributed by atoms with Crippen molar-refractivity contribution < 1.29 is 14.7 Å². The molecule has 0 bridgehead atoms. The first kappa shape index (κ1) is 18.0. The van der Waals surface area contributed by atoms with Crippen LogP contribution in [0.1, 0.15) is 55.8 Å². The van der Waals surface area contributed by atoms with Crippen molar-refractivity contribution in [1.82, 2.24) is 0 Å². The monoisotopic (exact) mass is 280 g/mol. The van der Waals surface area contributed by atoms with Crippen molar-refractivity contribution in [3.63, 3.8) is 0 Å². The third-order valence-electron chi connectivity index (χ3n) is 2.72. The van der Waals surface area contributed by atoms with E-state index in [1.54, 1.807) is 24.3 Å². The fourth-order valence-corrected chi connectivity index (χ4v) is 1.60. The van der Waals surface area contributed by atoms with E-state index in [-0.39, 0.29) is 0 Å². The first-order valence-corrected chi connectivity index (χ1v) is 6.85. The Morgan fingerprint density at radius 2 is 1.70 bits per heavy atom. The van der Waals surface area contributed by atoms with Gasteiger partial charge in [-0.25, -0.2) is 0 Å². The minimum absolute atomic E-state index is 0.337. The third-order valence-corrected chi connectivity index (χ3v) is 2.72. The van der Waals surface area contributed by atoms with E-state index in [0.29, 0.717) is 17.7 Å². The summed E-state index contributed by atoms with van der Waals surface area (Å²) >= 11 is 0. The molecule has 0 spiro atoms. The molecule has 1 rings (SSSR count). The number of hydrogen-bond donors (Lipinski definition) is 3. The molecule has 0 heterocycles. The van der Waals surface area contributed by atoms with Gasteiger partial charge in [0.2, 0.25) is 0 Å². The number of rotatable bonds is 7. The van der Waals surface area contributed by atoms with Gasteiger partial charge in [-0.1, -0.05) is 44.7 Å². The van der Waals surface area contributed by atoms with Crippen molar-refractivity contribution >= 4 is 17.6 Å². The average Bonchev–Trinajstić information content (AvgIpc) is 2.39. The standard InChI is InChI=1S/C8H16O2.C7H8N2O/c1-2-3-4-5-6-7-8(9)10;8-6-4-2-1-3-5(6)7(9)10/h2-7H2,1H3,(H,9,10);1-4H,8H2,(H2,9,10). The van der Waals surface area contributed by atoms with E-state index in [4.69, 9.17) is 16.6 Å². The maximum absolute atomic E-state index is 10.6. The second kappa shape index (κ2) is 10.8. The number of carboxylic acids is 1. The number of carbonyl (C=O) groups excluding carboxylic acids is 1. The van der Waals surface area contributed by atoms with Crippen molar-refractivity contribution in [2.24, 2.45) is 5.73 Å². The summed E-state index contributed by atoms with van der Waals surface area (Å²) in [5.74, 6) is -1.16. The molecule has 0 aliphatic rings.